The summed E-state index contributed by atoms with van der Waals surface area (Å²) in [6.45, 7) is 0. The molecule has 1 aromatic carbocycles. The maximum atomic E-state index is 10.2. The van der Waals surface area contributed by atoms with Gasteiger partial charge in [-0.05, 0) is 17.7 Å². The van der Waals surface area contributed by atoms with Crippen molar-refractivity contribution < 1.29 is 14.1 Å². The summed E-state index contributed by atoms with van der Waals surface area (Å²) in [5.41, 5.74) is 0.879. The van der Waals surface area contributed by atoms with Crippen molar-refractivity contribution in [1.29, 1.82) is 0 Å². The van der Waals surface area contributed by atoms with Gasteiger partial charge in [-0.3, -0.25) is 0 Å². The second kappa shape index (κ2) is 4.89. The van der Waals surface area contributed by atoms with Crippen molar-refractivity contribution in [3.05, 3.63) is 23.8 Å². The van der Waals surface area contributed by atoms with Crippen molar-refractivity contribution in [3.8, 4) is 5.75 Å². The second-order valence-corrected chi connectivity index (χ2v) is 3.07. The lowest BCUT2D eigenvalue weighted by molar-refractivity contribution is -0.107. The predicted octanol–water partition coefficient (Wildman–Crippen LogP) is 2.00. The van der Waals surface area contributed by atoms with E-state index in [2.05, 4.69) is 0 Å². The highest BCUT2D eigenvalue weighted by molar-refractivity contribution is 7.93. The smallest absolute Gasteiger partial charge is 0.135 e. The fourth-order valence-electron chi connectivity index (χ4n) is 1.01. The predicted molar refractivity (Wildman–Crippen MR) is 51.2 cm³/mol. The lowest BCUT2D eigenvalue weighted by Crippen LogP contribution is -1.90. The highest BCUT2D eigenvalue weighted by Gasteiger charge is 2.03. The van der Waals surface area contributed by atoms with E-state index in [9.17, 15) is 4.79 Å². The summed E-state index contributed by atoms with van der Waals surface area (Å²) in [5.74, 6) is 0.590. The lowest BCUT2D eigenvalue weighted by Gasteiger charge is -2.05. The lowest BCUT2D eigenvalue weighted by atomic mass is 10.1. The first-order valence-corrected chi connectivity index (χ1v) is 4.51. The minimum atomic E-state index is 0.368. The Balaban J connectivity index is 2.98. The maximum Gasteiger partial charge on any atom is 0.135 e. The summed E-state index contributed by atoms with van der Waals surface area (Å²) in [4.78, 5) is 10.9. The molecular formula is C9H10O3S. The normalized spacial score (nSPS) is 9.69. The molecule has 0 aliphatic rings. The van der Waals surface area contributed by atoms with Gasteiger partial charge in [-0.15, -0.1) is 0 Å². The summed E-state index contributed by atoms with van der Waals surface area (Å²) in [5, 5.41) is 0. The van der Waals surface area contributed by atoms with Crippen molar-refractivity contribution in [2.75, 3.05) is 7.11 Å². The van der Waals surface area contributed by atoms with E-state index in [1.807, 2.05) is 0 Å². The summed E-state index contributed by atoms with van der Waals surface area (Å²) < 4.78 is 13.9. The average Bonchev–Trinajstić information content (AvgIpc) is 2.18. The van der Waals surface area contributed by atoms with E-state index in [1.165, 1.54) is 7.11 Å². The molecule has 0 aromatic heterocycles. The number of rotatable bonds is 4. The highest BCUT2D eigenvalue weighted by atomic mass is 32.2. The average molecular weight is 198 g/mol. The summed E-state index contributed by atoms with van der Waals surface area (Å²) in [7, 11) is 1.53. The Labute approximate surface area is 80.9 Å². The number of benzene rings is 1. The van der Waals surface area contributed by atoms with E-state index in [0.29, 0.717) is 29.1 Å². The molecule has 0 saturated carbocycles. The van der Waals surface area contributed by atoms with Gasteiger partial charge in [-0.25, -0.2) is 0 Å². The van der Waals surface area contributed by atoms with Crippen LogP contribution in [0, 0.1) is 0 Å². The summed E-state index contributed by atoms with van der Waals surface area (Å²) >= 11 is 0.633. The minimum Gasteiger partial charge on any atom is -0.495 e. The number of methoxy groups -OCH3 is 1. The molecule has 1 aromatic rings. The van der Waals surface area contributed by atoms with Gasteiger partial charge in [-0.2, -0.15) is 0 Å². The first-order chi connectivity index (χ1) is 6.31. The largest absolute Gasteiger partial charge is 0.495 e. The van der Waals surface area contributed by atoms with Gasteiger partial charge in [-0.1, -0.05) is 6.07 Å². The second-order valence-electron chi connectivity index (χ2n) is 2.45. The third-order valence-corrected chi connectivity index (χ3v) is 2.18. The molecule has 0 spiro atoms. The van der Waals surface area contributed by atoms with Crippen LogP contribution in [0.4, 0.5) is 0 Å². The van der Waals surface area contributed by atoms with Crippen LogP contribution >= 0.6 is 12.0 Å². The minimum absolute atomic E-state index is 0.368. The van der Waals surface area contributed by atoms with Crippen LogP contribution in [0.2, 0.25) is 0 Å². The molecule has 0 aliphatic carbocycles. The molecule has 0 saturated heterocycles. The first-order valence-electron chi connectivity index (χ1n) is 3.73. The van der Waals surface area contributed by atoms with Gasteiger partial charge >= 0.3 is 0 Å². The third-order valence-electron chi connectivity index (χ3n) is 1.65. The number of carbonyl (C=O) groups excluding carboxylic acids is 1. The van der Waals surface area contributed by atoms with Crippen molar-refractivity contribution in [2.24, 2.45) is 0 Å². The Morgan fingerprint density at radius 1 is 1.62 bits per heavy atom. The Kier molecular flexibility index (Phi) is 3.79. The van der Waals surface area contributed by atoms with E-state index in [0.717, 1.165) is 11.8 Å². The SMILES string of the molecule is COc1cc(CC=O)ccc1SO. The van der Waals surface area contributed by atoms with Gasteiger partial charge in [0.15, 0.2) is 0 Å². The molecule has 0 aliphatic heterocycles. The molecule has 0 unspecified atom stereocenters. The Bertz CT molecular complexity index is 299. The standard InChI is InChI=1S/C9H10O3S/c1-12-8-6-7(4-5-10)2-3-9(8)13-11/h2-3,5-6,11H,4H2,1H3. The van der Waals surface area contributed by atoms with Gasteiger partial charge in [0.25, 0.3) is 0 Å². The van der Waals surface area contributed by atoms with Crippen LogP contribution in [0.3, 0.4) is 0 Å². The zero-order chi connectivity index (χ0) is 9.68. The molecule has 0 heterocycles. The van der Waals surface area contributed by atoms with Gasteiger partial charge in [0, 0.05) is 18.5 Å². The summed E-state index contributed by atoms with van der Waals surface area (Å²) in [6, 6.07) is 5.25. The molecular weight excluding hydrogens is 188 g/mol. The molecule has 4 heteroatoms. The molecule has 70 valence electrons. The van der Waals surface area contributed by atoms with E-state index < -0.39 is 0 Å². The molecule has 13 heavy (non-hydrogen) atoms. The van der Waals surface area contributed by atoms with Gasteiger partial charge in [0.2, 0.25) is 0 Å². The van der Waals surface area contributed by atoms with E-state index >= 15 is 0 Å². The van der Waals surface area contributed by atoms with Crippen molar-refractivity contribution in [2.45, 2.75) is 11.3 Å². The van der Waals surface area contributed by atoms with Gasteiger partial charge in [0.05, 0.1) is 12.0 Å². The van der Waals surface area contributed by atoms with Crippen molar-refractivity contribution in [3.63, 3.8) is 0 Å². The van der Waals surface area contributed by atoms with Crippen LogP contribution in [0.1, 0.15) is 5.56 Å². The molecule has 1 N–H and O–H groups in total. The molecule has 0 atom stereocenters. The van der Waals surface area contributed by atoms with Crippen LogP contribution in [0.25, 0.3) is 0 Å². The maximum absolute atomic E-state index is 10.2. The zero-order valence-corrected chi connectivity index (χ0v) is 8.00. The Morgan fingerprint density at radius 2 is 2.38 bits per heavy atom. The van der Waals surface area contributed by atoms with Gasteiger partial charge < -0.3 is 14.1 Å². The first kappa shape index (κ1) is 10.1. The van der Waals surface area contributed by atoms with Crippen LogP contribution in [-0.4, -0.2) is 17.9 Å². The summed E-state index contributed by atoms with van der Waals surface area (Å²) in [6.07, 6.45) is 1.20. The number of hydrogen-bond donors (Lipinski definition) is 1. The monoisotopic (exact) mass is 198 g/mol. The fraction of sp³-hybridized carbons (Fsp3) is 0.222. The van der Waals surface area contributed by atoms with E-state index in [1.54, 1.807) is 18.2 Å². The van der Waals surface area contributed by atoms with Crippen LogP contribution in [0.15, 0.2) is 23.1 Å². The Hall–Kier alpha value is -1.00. The number of ether oxygens (including phenoxy) is 1. The number of aldehydes is 1. The molecule has 0 fully saturated rings. The van der Waals surface area contributed by atoms with E-state index in [4.69, 9.17) is 9.29 Å². The quantitative estimate of drug-likeness (QED) is 0.593. The molecule has 1 rings (SSSR count). The van der Waals surface area contributed by atoms with E-state index in [-0.39, 0.29) is 0 Å². The topological polar surface area (TPSA) is 46.5 Å². The van der Waals surface area contributed by atoms with Crippen molar-refractivity contribution in [1.82, 2.24) is 0 Å². The third kappa shape index (κ3) is 2.47. The number of hydrogen-bond acceptors (Lipinski definition) is 4. The molecule has 0 amide bonds. The molecule has 3 nitrogen and oxygen atoms in total. The fourth-order valence-corrected chi connectivity index (χ4v) is 1.37. The van der Waals surface area contributed by atoms with Crippen LogP contribution in [0.5, 0.6) is 5.75 Å². The van der Waals surface area contributed by atoms with Crippen LogP contribution in [-0.2, 0) is 11.2 Å². The molecule has 0 radical (unpaired) electrons. The molecule has 0 bridgehead atoms. The Morgan fingerprint density at radius 3 is 2.92 bits per heavy atom. The van der Waals surface area contributed by atoms with Crippen molar-refractivity contribution >= 4 is 18.3 Å². The zero-order valence-electron chi connectivity index (χ0n) is 7.19. The highest BCUT2D eigenvalue weighted by Crippen LogP contribution is 2.27. The van der Waals surface area contributed by atoms with Gasteiger partial charge in [0.1, 0.15) is 12.0 Å². The van der Waals surface area contributed by atoms with Crippen LogP contribution < -0.4 is 4.74 Å². The number of carbonyl (C=O) groups is 1.